The number of hydrogen-bond donors (Lipinski definition) is 2. The minimum Gasteiger partial charge on any atom is -0.465 e. The number of hydrogen-bond acceptors (Lipinski definition) is 7. The molecule has 1 amide bonds. The second-order valence-corrected chi connectivity index (χ2v) is 6.41. The molecule has 0 radical (unpaired) electrons. The molecular weight excluding hydrogens is 386 g/mol. The van der Waals surface area contributed by atoms with Crippen molar-refractivity contribution >= 4 is 30.1 Å². The molecule has 28 heavy (non-hydrogen) atoms. The van der Waals surface area contributed by atoms with Gasteiger partial charge in [-0.1, -0.05) is 0 Å². The van der Waals surface area contributed by atoms with Crippen LogP contribution in [0.25, 0.3) is 0 Å². The highest BCUT2D eigenvalue weighted by molar-refractivity contribution is 6.04. The number of methoxy groups -OCH3 is 1. The van der Waals surface area contributed by atoms with Gasteiger partial charge in [0, 0.05) is 18.7 Å². The zero-order valence-electron chi connectivity index (χ0n) is 15.6. The molecule has 0 aromatic carbocycles. The number of anilines is 1. The monoisotopic (exact) mass is 407 g/mol. The van der Waals surface area contributed by atoms with Crippen LogP contribution in [-0.4, -0.2) is 37.1 Å². The number of carbonyl (C=O) groups excluding carboxylic acids is 2. The number of carbonyl (C=O) groups is 2. The number of amides is 1. The lowest BCUT2D eigenvalue weighted by atomic mass is 9.95. The van der Waals surface area contributed by atoms with E-state index in [2.05, 4.69) is 20.4 Å². The van der Waals surface area contributed by atoms with Crippen LogP contribution in [0.5, 0.6) is 0 Å². The molecule has 0 saturated carbocycles. The Labute approximate surface area is 168 Å². The van der Waals surface area contributed by atoms with Crippen molar-refractivity contribution in [3.63, 3.8) is 0 Å². The number of aryl methyl sites for hydroxylation is 1. The molecule has 8 nitrogen and oxygen atoms in total. The highest BCUT2D eigenvalue weighted by Crippen LogP contribution is 2.23. The molecule has 1 saturated heterocycles. The number of halogens is 1. The van der Waals surface area contributed by atoms with E-state index in [0.717, 1.165) is 25.9 Å². The number of pyridine rings is 1. The summed E-state index contributed by atoms with van der Waals surface area (Å²) in [6.45, 7) is 3.40. The van der Waals surface area contributed by atoms with Gasteiger partial charge in [-0.3, -0.25) is 4.79 Å². The zero-order valence-corrected chi connectivity index (χ0v) is 16.4. The fraction of sp³-hybridized carbons (Fsp3) is 0.368. The minimum atomic E-state index is -0.683. The summed E-state index contributed by atoms with van der Waals surface area (Å²) in [6.07, 6.45) is 3.32. The minimum absolute atomic E-state index is 0. The maximum absolute atomic E-state index is 12.6. The van der Waals surface area contributed by atoms with Gasteiger partial charge >= 0.3 is 11.6 Å². The summed E-state index contributed by atoms with van der Waals surface area (Å²) < 4.78 is 10.1. The Morgan fingerprint density at radius 1 is 1.36 bits per heavy atom. The number of esters is 1. The third-order valence-corrected chi connectivity index (χ3v) is 4.52. The quantitative estimate of drug-likeness (QED) is 0.748. The summed E-state index contributed by atoms with van der Waals surface area (Å²) in [5.41, 5.74) is 0.0186. The van der Waals surface area contributed by atoms with Crippen LogP contribution in [0.1, 0.15) is 50.8 Å². The lowest BCUT2D eigenvalue weighted by Gasteiger charge is -2.22. The van der Waals surface area contributed by atoms with Crippen LogP contribution in [0.3, 0.4) is 0 Å². The van der Waals surface area contributed by atoms with E-state index in [0.29, 0.717) is 11.3 Å². The SMILES string of the molecule is COC(=O)c1ccnc(NC(=O)c2c(C)cc(C3CCCNC3)oc2=O)c1.Cl. The smallest absolute Gasteiger partial charge is 0.349 e. The van der Waals surface area contributed by atoms with Crippen molar-refractivity contribution in [2.24, 2.45) is 0 Å². The van der Waals surface area contributed by atoms with Gasteiger partial charge in [-0.05, 0) is 50.1 Å². The van der Waals surface area contributed by atoms with Crippen LogP contribution >= 0.6 is 12.4 Å². The van der Waals surface area contributed by atoms with Gasteiger partial charge in [0.2, 0.25) is 0 Å². The highest BCUT2D eigenvalue weighted by Gasteiger charge is 2.23. The van der Waals surface area contributed by atoms with Crippen LogP contribution in [0.15, 0.2) is 33.6 Å². The Morgan fingerprint density at radius 2 is 2.14 bits per heavy atom. The number of aromatic nitrogens is 1. The van der Waals surface area contributed by atoms with E-state index in [-0.39, 0.29) is 35.3 Å². The summed E-state index contributed by atoms with van der Waals surface area (Å²) in [5.74, 6) is -0.326. The molecule has 1 aliphatic heterocycles. The van der Waals surface area contributed by atoms with Gasteiger partial charge in [-0.25, -0.2) is 14.6 Å². The van der Waals surface area contributed by atoms with Crippen molar-refractivity contribution in [1.82, 2.24) is 10.3 Å². The van der Waals surface area contributed by atoms with E-state index < -0.39 is 17.5 Å². The molecule has 0 aliphatic carbocycles. The molecule has 2 N–H and O–H groups in total. The van der Waals surface area contributed by atoms with Gasteiger partial charge in [0.15, 0.2) is 0 Å². The van der Waals surface area contributed by atoms with Gasteiger partial charge in [0.1, 0.15) is 17.1 Å². The maximum Gasteiger partial charge on any atom is 0.349 e. The average molecular weight is 408 g/mol. The van der Waals surface area contributed by atoms with Crippen LogP contribution in [0.2, 0.25) is 0 Å². The number of ether oxygens (including phenoxy) is 1. The molecule has 2 aromatic heterocycles. The van der Waals surface area contributed by atoms with E-state index in [9.17, 15) is 14.4 Å². The Balaban J connectivity index is 0.00000280. The van der Waals surface area contributed by atoms with Gasteiger partial charge in [0.25, 0.3) is 5.91 Å². The van der Waals surface area contributed by atoms with Crippen LogP contribution in [0.4, 0.5) is 5.82 Å². The molecule has 2 aromatic rings. The van der Waals surface area contributed by atoms with Crippen LogP contribution in [0, 0.1) is 6.92 Å². The Hall–Kier alpha value is -2.71. The summed E-state index contributed by atoms with van der Waals surface area (Å²) in [5, 5.41) is 5.80. The summed E-state index contributed by atoms with van der Waals surface area (Å²) in [6, 6.07) is 4.59. The van der Waals surface area contributed by atoms with E-state index in [1.165, 1.54) is 25.4 Å². The van der Waals surface area contributed by atoms with Gasteiger partial charge in [-0.2, -0.15) is 0 Å². The van der Waals surface area contributed by atoms with Crippen molar-refractivity contribution in [2.45, 2.75) is 25.7 Å². The predicted octanol–water partition coefficient (Wildman–Crippen LogP) is 2.27. The molecule has 9 heteroatoms. The molecule has 1 atom stereocenters. The first kappa shape index (κ1) is 21.6. The molecule has 0 bridgehead atoms. The van der Waals surface area contributed by atoms with Crippen LogP contribution in [-0.2, 0) is 4.74 Å². The number of piperidine rings is 1. The zero-order chi connectivity index (χ0) is 19.4. The first-order valence-corrected chi connectivity index (χ1v) is 8.70. The first-order chi connectivity index (χ1) is 13.0. The molecule has 1 aliphatic rings. The van der Waals surface area contributed by atoms with E-state index >= 15 is 0 Å². The lowest BCUT2D eigenvalue weighted by molar-refractivity contribution is 0.0600. The first-order valence-electron chi connectivity index (χ1n) is 8.70. The summed E-state index contributed by atoms with van der Waals surface area (Å²) in [4.78, 5) is 40.5. The normalized spacial score (nSPS) is 16.0. The molecule has 1 unspecified atom stereocenters. The molecule has 0 spiro atoms. The number of nitrogens with zero attached hydrogens (tertiary/aromatic N) is 1. The average Bonchev–Trinajstić information content (AvgIpc) is 2.67. The second-order valence-electron chi connectivity index (χ2n) is 6.41. The molecule has 1 fully saturated rings. The maximum atomic E-state index is 12.6. The molecule has 150 valence electrons. The van der Waals surface area contributed by atoms with E-state index in [1.54, 1.807) is 13.0 Å². The van der Waals surface area contributed by atoms with Crippen molar-refractivity contribution in [1.29, 1.82) is 0 Å². The third kappa shape index (κ3) is 4.76. The standard InChI is InChI=1S/C19H21N3O5.ClH/c1-11-8-14(13-4-3-6-20-10-13)27-19(25)16(11)17(23)22-15-9-12(5-7-21-15)18(24)26-2;/h5,7-9,13,20H,3-4,6,10H2,1-2H3,(H,21,22,23);1H. The summed E-state index contributed by atoms with van der Waals surface area (Å²) in [7, 11) is 1.26. The topological polar surface area (TPSA) is 111 Å². The van der Waals surface area contributed by atoms with E-state index in [4.69, 9.17) is 4.42 Å². The molecule has 3 rings (SSSR count). The van der Waals surface area contributed by atoms with Gasteiger partial charge in [-0.15, -0.1) is 12.4 Å². The predicted molar refractivity (Wildman–Crippen MR) is 105 cm³/mol. The van der Waals surface area contributed by atoms with Crippen molar-refractivity contribution in [2.75, 3.05) is 25.5 Å². The largest absolute Gasteiger partial charge is 0.465 e. The van der Waals surface area contributed by atoms with Crippen LogP contribution < -0.4 is 16.3 Å². The fourth-order valence-electron chi connectivity index (χ4n) is 3.12. The van der Waals surface area contributed by atoms with Crippen molar-refractivity contribution in [3.8, 4) is 0 Å². The Morgan fingerprint density at radius 3 is 2.79 bits per heavy atom. The van der Waals surface area contributed by atoms with Crippen molar-refractivity contribution < 1.29 is 18.7 Å². The number of rotatable bonds is 4. The van der Waals surface area contributed by atoms with E-state index in [1.807, 2.05) is 0 Å². The molecule has 3 heterocycles. The second kappa shape index (κ2) is 9.48. The molecular formula is C19H22ClN3O5. The summed E-state index contributed by atoms with van der Waals surface area (Å²) >= 11 is 0. The lowest BCUT2D eigenvalue weighted by Crippen LogP contribution is -2.30. The van der Waals surface area contributed by atoms with Crippen molar-refractivity contribution in [3.05, 3.63) is 57.3 Å². The Bertz CT molecular complexity index is 922. The number of nitrogens with one attached hydrogen (secondary N) is 2. The highest BCUT2D eigenvalue weighted by atomic mass is 35.5. The van der Waals surface area contributed by atoms with Gasteiger partial charge < -0.3 is 19.8 Å². The third-order valence-electron chi connectivity index (χ3n) is 4.52. The van der Waals surface area contributed by atoms with Gasteiger partial charge in [0.05, 0.1) is 12.7 Å². The fourth-order valence-corrected chi connectivity index (χ4v) is 3.12. The Kier molecular flexibility index (Phi) is 7.31.